The van der Waals surface area contributed by atoms with Crippen molar-refractivity contribution in [2.75, 3.05) is 5.32 Å². The normalized spacial score (nSPS) is 14.0. The highest BCUT2D eigenvalue weighted by molar-refractivity contribution is 7.14. The van der Waals surface area contributed by atoms with Crippen LogP contribution in [0.1, 0.15) is 28.9 Å². The number of rotatable bonds is 8. The topological polar surface area (TPSA) is 83.1 Å². The van der Waals surface area contributed by atoms with Gasteiger partial charge in [-0.15, -0.1) is 11.3 Å². The molecular formula is C22H20Cl2N4O2S. The molecule has 1 unspecified atom stereocenters. The zero-order chi connectivity index (χ0) is 21.8. The summed E-state index contributed by atoms with van der Waals surface area (Å²) in [5.41, 5.74) is 1.79. The molecule has 2 aromatic carbocycles. The van der Waals surface area contributed by atoms with Crippen molar-refractivity contribution in [1.29, 1.82) is 0 Å². The van der Waals surface area contributed by atoms with Gasteiger partial charge in [0.1, 0.15) is 11.7 Å². The molecule has 9 heteroatoms. The number of anilines is 2. The van der Waals surface area contributed by atoms with Crippen LogP contribution in [0, 0.1) is 0 Å². The van der Waals surface area contributed by atoms with E-state index < -0.39 is 11.9 Å². The molecule has 0 bridgehead atoms. The molecule has 160 valence electrons. The van der Waals surface area contributed by atoms with E-state index in [2.05, 4.69) is 20.9 Å². The number of carbonyl (C=O) groups is 2. The molecular weight excluding hydrogens is 455 g/mol. The fourth-order valence-corrected chi connectivity index (χ4v) is 4.02. The van der Waals surface area contributed by atoms with Crippen molar-refractivity contribution < 1.29 is 9.59 Å². The average molecular weight is 475 g/mol. The quantitative estimate of drug-likeness (QED) is 0.437. The lowest BCUT2D eigenvalue weighted by atomic mass is 10.0. The summed E-state index contributed by atoms with van der Waals surface area (Å²) in [7, 11) is 0. The number of aromatic nitrogens is 1. The van der Waals surface area contributed by atoms with Crippen LogP contribution < -0.4 is 16.0 Å². The second-order valence-corrected chi connectivity index (χ2v) is 8.91. The van der Waals surface area contributed by atoms with Crippen molar-refractivity contribution in [3.05, 3.63) is 75.2 Å². The van der Waals surface area contributed by atoms with Crippen molar-refractivity contribution in [2.24, 2.45) is 0 Å². The number of hydrogen-bond acceptors (Lipinski definition) is 5. The van der Waals surface area contributed by atoms with Crippen LogP contribution in [0.25, 0.3) is 0 Å². The Bertz CT molecular complexity index is 1090. The van der Waals surface area contributed by atoms with Gasteiger partial charge in [-0.1, -0.05) is 59.6 Å². The minimum Gasteiger partial charge on any atom is -0.352 e. The molecule has 1 aliphatic carbocycles. The van der Waals surface area contributed by atoms with Gasteiger partial charge in [0.2, 0.25) is 5.91 Å². The maximum atomic E-state index is 12.8. The number of halogens is 2. The van der Waals surface area contributed by atoms with Gasteiger partial charge in [0.25, 0.3) is 5.91 Å². The Labute approximate surface area is 194 Å². The zero-order valence-electron chi connectivity index (χ0n) is 16.4. The molecule has 3 aromatic rings. The summed E-state index contributed by atoms with van der Waals surface area (Å²) in [6, 6.07) is 14.4. The first kappa shape index (κ1) is 21.6. The summed E-state index contributed by atoms with van der Waals surface area (Å²) in [5.74, 6) is -0.590. The van der Waals surface area contributed by atoms with Crippen LogP contribution in [0.15, 0.2) is 53.9 Å². The average Bonchev–Trinajstić information content (AvgIpc) is 3.45. The molecule has 0 aliphatic heterocycles. The number of benzene rings is 2. The Balaban J connectivity index is 1.45. The molecule has 1 aliphatic rings. The van der Waals surface area contributed by atoms with Crippen LogP contribution in [0.4, 0.5) is 10.8 Å². The molecule has 1 heterocycles. The molecule has 0 spiro atoms. The minimum absolute atomic E-state index is 0.181. The number of thiazole rings is 1. The van der Waals surface area contributed by atoms with E-state index in [0.29, 0.717) is 27.3 Å². The number of carbonyl (C=O) groups excluding carboxylic acids is 2. The van der Waals surface area contributed by atoms with E-state index in [9.17, 15) is 9.59 Å². The Kier molecular flexibility index (Phi) is 6.75. The SMILES string of the molecule is O=C(NC(Cc1ccccc1)C(=O)NC1CC1)c1csc(Nc2cccc(Cl)c2Cl)n1. The highest BCUT2D eigenvalue weighted by Crippen LogP contribution is 2.32. The predicted octanol–water partition coefficient (Wildman–Crippen LogP) is 4.81. The molecule has 1 saturated carbocycles. The van der Waals surface area contributed by atoms with E-state index in [1.165, 1.54) is 11.3 Å². The Morgan fingerprint density at radius 3 is 2.61 bits per heavy atom. The molecule has 1 atom stereocenters. The van der Waals surface area contributed by atoms with Crippen molar-refractivity contribution in [3.8, 4) is 0 Å². The van der Waals surface area contributed by atoms with E-state index in [4.69, 9.17) is 23.2 Å². The first-order chi connectivity index (χ1) is 15.0. The lowest BCUT2D eigenvalue weighted by Crippen LogP contribution is -2.48. The van der Waals surface area contributed by atoms with Gasteiger partial charge < -0.3 is 16.0 Å². The van der Waals surface area contributed by atoms with Crippen LogP contribution in [-0.2, 0) is 11.2 Å². The van der Waals surface area contributed by atoms with Crippen LogP contribution in [0.5, 0.6) is 0 Å². The molecule has 1 fully saturated rings. The van der Waals surface area contributed by atoms with Crippen molar-refractivity contribution in [3.63, 3.8) is 0 Å². The standard InChI is InChI=1S/C22H20Cl2N4O2S/c23-15-7-4-8-16(19(15)24)27-22-28-18(12-31-22)21(30)26-17(20(29)25-14-9-10-14)11-13-5-2-1-3-6-13/h1-8,12,14,17H,9-11H2,(H,25,29)(H,26,30)(H,27,28). The van der Waals surface area contributed by atoms with Gasteiger partial charge in [0, 0.05) is 17.8 Å². The molecule has 1 aromatic heterocycles. The Morgan fingerprint density at radius 1 is 1.10 bits per heavy atom. The largest absolute Gasteiger partial charge is 0.352 e. The van der Waals surface area contributed by atoms with Gasteiger partial charge in [0.05, 0.1) is 15.7 Å². The summed E-state index contributed by atoms with van der Waals surface area (Å²) in [6.07, 6.45) is 2.36. The smallest absolute Gasteiger partial charge is 0.271 e. The minimum atomic E-state index is -0.684. The van der Waals surface area contributed by atoms with E-state index in [1.54, 1.807) is 23.6 Å². The third-order valence-electron chi connectivity index (χ3n) is 4.76. The summed E-state index contributed by atoms with van der Waals surface area (Å²) in [6.45, 7) is 0. The molecule has 3 N–H and O–H groups in total. The molecule has 0 radical (unpaired) electrons. The van der Waals surface area contributed by atoms with E-state index >= 15 is 0 Å². The van der Waals surface area contributed by atoms with E-state index in [1.807, 2.05) is 30.3 Å². The lowest BCUT2D eigenvalue weighted by Gasteiger charge is -2.18. The fourth-order valence-electron chi connectivity index (χ4n) is 2.97. The molecule has 2 amide bonds. The third kappa shape index (κ3) is 5.76. The van der Waals surface area contributed by atoms with E-state index in [0.717, 1.165) is 18.4 Å². The van der Waals surface area contributed by atoms with Gasteiger partial charge >= 0.3 is 0 Å². The Morgan fingerprint density at radius 2 is 1.87 bits per heavy atom. The monoisotopic (exact) mass is 474 g/mol. The van der Waals surface area contributed by atoms with Gasteiger partial charge in [0.15, 0.2) is 5.13 Å². The summed E-state index contributed by atoms with van der Waals surface area (Å²) < 4.78 is 0. The highest BCUT2D eigenvalue weighted by Gasteiger charge is 2.29. The first-order valence-electron chi connectivity index (χ1n) is 9.81. The van der Waals surface area contributed by atoms with Gasteiger partial charge in [-0.2, -0.15) is 0 Å². The number of nitrogens with one attached hydrogen (secondary N) is 3. The van der Waals surface area contributed by atoms with Crippen LogP contribution in [-0.4, -0.2) is 28.9 Å². The lowest BCUT2D eigenvalue weighted by molar-refractivity contribution is -0.123. The second-order valence-electron chi connectivity index (χ2n) is 7.26. The number of hydrogen-bond donors (Lipinski definition) is 3. The predicted molar refractivity (Wildman–Crippen MR) is 124 cm³/mol. The fraction of sp³-hybridized carbons (Fsp3) is 0.227. The molecule has 0 saturated heterocycles. The van der Waals surface area contributed by atoms with E-state index in [-0.39, 0.29) is 17.6 Å². The second kappa shape index (κ2) is 9.68. The van der Waals surface area contributed by atoms with Gasteiger partial charge in [-0.3, -0.25) is 9.59 Å². The van der Waals surface area contributed by atoms with Crippen LogP contribution in [0.2, 0.25) is 10.0 Å². The van der Waals surface area contributed by atoms with Crippen LogP contribution in [0.3, 0.4) is 0 Å². The highest BCUT2D eigenvalue weighted by atomic mass is 35.5. The summed E-state index contributed by atoms with van der Waals surface area (Å²) in [4.78, 5) is 29.8. The van der Waals surface area contributed by atoms with Crippen LogP contribution >= 0.6 is 34.5 Å². The summed E-state index contributed by atoms with van der Waals surface area (Å²) >= 11 is 13.5. The third-order valence-corrected chi connectivity index (χ3v) is 6.33. The Hall–Kier alpha value is -2.61. The maximum Gasteiger partial charge on any atom is 0.271 e. The number of nitrogens with zero attached hydrogens (tertiary/aromatic N) is 1. The molecule has 4 rings (SSSR count). The summed E-state index contributed by atoms with van der Waals surface area (Å²) in [5, 5.41) is 11.8. The first-order valence-corrected chi connectivity index (χ1v) is 11.4. The maximum absolute atomic E-state index is 12.8. The van der Waals surface area contributed by atoms with Gasteiger partial charge in [-0.25, -0.2) is 4.98 Å². The van der Waals surface area contributed by atoms with Crippen molar-refractivity contribution >= 4 is 57.2 Å². The number of amides is 2. The molecule has 31 heavy (non-hydrogen) atoms. The van der Waals surface area contributed by atoms with Crippen molar-refractivity contribution in [1.82, 2.24) is 15.6 Å². The molecule has 6 nitrogen and oxygen atoms in total. The van der Waals surface area contributed by atoms with Crippen molar-refractivity contribution in [2.45, 2.75) is 31.3 Å². The zero-order valence-corrected chi connectivity index (χ0v) is 18.7. The van der Waals surface area contributed by atoms with Gasteiger partial charge in [-0.05, 0) is 30.5 Å².